The summed E-state index contributed by atoms with van der Waals surface area (Å²) in [7, 11) is 0. The van der Waals surface area contributed by atoms with Crippen molar-refractivity contribution >= 4 is 24.2 Å². The molecule has 0 spiro atoms. The molecule has 1 fully saturated rings. The first-order chi connectivity index (χ1) is 6.74. The monoisotopic (exact) mass is 213 g/mol. The number of halogens is 1. The molecule has 1 N–H and O–H groups in total. The average molecular weight is 214 g/mol. The first kappa shape index (κ1) is 11.4. The first-order valence-electron chi connectivity index (χ1n) is 4.81. The van der Waals surface area contributed by atoms with Gasteiger partial charge in [0.2, 0.25) is 0 Å². The van der Waals surface area contributed by atoms with Gasteiger partial charge in [0.25, 0.3) is 0 Å². The Bertz CT molecular complexity index is 248. The van der Waals surface area contributed by atoms with Crippen molar-refractivity contribution in [2.75, 3.05) is 13.1 Å². The van der Waals surface area contributed by atoms with Gasteiger partial charge in [0.05, 0.1) is 0 Å². The number of nitrogens with one attached hydrogen (secondary N) is 1. The minimum Gasteiger partial charge on any atom is -0.317 e. The highest BCUT2D eigenvalue weighted by Crippen LogP contribution is 2.15. The molecule has 0 saturated carbocycles. The van der Waals surface area contributed by atoms with E-state index in [-0.39, 0.29) is 0 Å². The minimum absolute atomic E-state index is 0.431. The maximum atomic E-state index is 5.70. The SMILES string of the molecule is C=NC(=N/C=C(\C)Cl)C1CCNCC1. The van der Waals surface area contributed by atoms with E-state index in [0.29, 0.717) is 11.0 Å². The molecule has 0 unspecified atom stereocenters. The summed E-state index contributed by atoms with van der Waals surface area (Å²) in [4.78, 5) is 8.18. The molecule has 78 valence electrons. The number of piperidine rings is 1. The van der Waals surface area contributed by atoms with E-state index in [0.717, 1.165) is 31.8 Å². The molecule has 0 aromatic rings. The van der Waals surface area contributed by atoms with E-state index in [9.17, 15) is 0 Å². The summed E-state index contributed by atoms with van der Waals surface area (Å²) in [6.45, 7) is 7.40. The lowest BCUT2D eigenvalue weighted by atomic mass is 9.97. The highest BCUT2D eigenvalue weighted by atomic mass is 35.5. The van der Waals surface area contributed by atoms with Crippen molar-refractivity contribution in [2.45, 2.75) is 19.8 Å². The Morgan fingerprint density at radius 1 is 1.50 bits per heavy atom. The molecule has 1 saturated heterocycles. The molecule has 3 nitrogen and oxygen atoms in total. The van der Waals surface area contributed by atoms with Gasteiger partial charge in [-0.05, 0) is 39.6 Å². The summed E-state index contributed by atoms with van der Waals surface area (Å²) in [5.41, 5.74) is 0. The molecule has 4 heteroatoms. The lowest BCUT2D eigenvalue weighted by Crippen LogP contribution is -2.31. The molecule has 0 aromatic heterocycles. The molecular formula is C10H16ClN3. The van der Waals surface area contributed by atoms with E-state index in [1.54, 1.807) is 13.1 Å². The molecular weight excluding hydrogens is 198 g/mol. The molecule has 0 atom stereocenters. The topological polar surface area (TPSA) is 36.8 Å². The second-order valence-electron chi connectivity index (χ2n) is 3.39. The van der Waals surface area contributed by atoms with Gasteiger partial charge in [0.15, 0.2) is 0 Å². The normalized spacial score (nSPS) is 21.0. The van der Waals surface area contributed by atoms with E-state index < -0.39 is 0 Å². The second kappa shape index (κ2) is 5.94. The number of allylic oxidation sites excluding steroid dienone is 1. The van der Waals surface area contributed by atoms with Crippen molar-refractivity contribution < 1.29 is 0 Å². The first-order valence-corrected chi connectivity index (χ1v) is 5.19. The van der Waals surface area contributed by atoms with Gasteiger partial charge in [0.1, 0.15) is 5.84 Å². The summed E-state index contributed by atoms with van der Waals surface area (Å²) in [6, 6.07) is 0. The maximum absolute atomic E-state index is 5.70. The average Bonchev–Trinajstić information content (AvgIpc) is 2.20. The van der Waals surface area contributed by atoms with E-state index in [1.807, 2.05) is 0 Å². The van der Waals surface area contributed by atoms with Crippen LogP contribution >= 0.6 is 11.6 Å². The van der Waals surface area contributed by atoms with Crippen LogP contribution in [-0.2, 0) is 0 Å². The third-order valence-corrected chi connectivity index (χ3v) is 2.34. The predicted molar refractivity (Wildman–Crippen MR) is 62.2 cm³/mol. The fourth-order valence-corrected chi connectivity index (χ4v) is 1.56. The van der Waals surface area contributed by atoms with Crippen LogP contribution < -0.4 is 5.32 Å². The van der Waals surface area contributed by atoms with Crippen LogP contribution in [0.2, 0.25) is 0 Å². The van der Waals surface area contributed by atoms with E-state index in [1.165, 1.54) is 0 Å². The summed E-state index contributed by atoms with van der Waals surface area (Å²) in [5, 5.41) is 3.97. The lowest BCUT2D eigenvalue weighted by molar-refractivity contribution is 0.455. The van der Waals surface area contributed by atoms with E-state index in [2.05, 4.69) is 22.0 Å². The van der Waals surface area contributed by atoms with Crippen LogP contribution in [0.5, 0.6) is 0 Å². The molecule has 1 heterocycles. The summed E-state index contributed by atoms with van der Waals surface area (Å²) in [6.07, 6.45) is 3.79. The number of rotatable bonds is 2. The van der Waals surface area contributed by atoms with Crippen molar-refractivity contribution in [2.24, 2.45) is 15.9 Å². The van der Waals surface area contributed by atoms with Crippen molar-refractivity contribution in [1.29, 1.82) is 0 Å². The standard InChI is InChI=1S/C10H16ClN3/c1-8(11)7-14-10(12-2)9-3-5-13-6-4-9/h7,9,13H,2-6H2,1H3/b8-7+,14-10?. The number of aliphatic imine (C=N–C) groups is 2. The predicted octanol–water partition coefficient (Wildman–Crippen LogP) is 2.19. The van der Waals surface area contributed by atoms with Gasteiger partial charge in [-0.3, -0.25) is 0 Å². The van der Waals surface area contributed by atoms with Crippen LogP contribution in [0.25, 0.3) is 0 Å². The van der Waals surface area contributed by atoms with E-state index >= 15 is 0 Å². The quantitative estimate of drug-likeness (QED) is 0.554. The third kappa shape index (κ3) is 3.60. The molecule has 0 radical (unpaired) electrons. The van der Waals surface area contributed by atoms with Gasteiger partial charge in [0, 0.05) is 17.2 Å². The zero-order valence-electron chi connectivity index (χ0n) is 8.46. The zero-order chi connectivity index (χ0) is 10.4. The highest BCUT2D eigenvalue weighted by Gasteiger charge is 2.17. The Morgan fingerprint density at radius 2 is 2.14 bits per heavy atom. The lowest BCUT2D eigenvalue weighted by Gasteiger charge is -2.21. The van der Waals surface area contributed by atoms with Gasteiger partial charge < -0.3 is 5.32 Å². The smallest absolute Gasteiger partial charge is 0.130 e. The summed E-state index contributed by atoms with van der Waals surface area (Å²) < 4.78 is 0. The molecule has 1 aliphatic heterocycles. The van der Waals surface area contributed by atoms with Gasteiger partial charge >= 0.3 is 0 Å². The van der Waals surface area contributed by atoms with Crippen molar-refractivity contribution in [1.82, 2.24) is 5.32 Å². The van der Waals surface area contributed by atoms with Crippen LogP contribution in [0.3, 0.4) is 0 Å². The van der Waals surface area contributed by atoms with Crippen LogP contribution in [0.1, 0.15) is 19.8 Å². The van der Waals surface area contributed by atoms with Crippen molar-refractivity contribution in [3.8, 4) is 0 Å². The molecule has 1 aliphatic rings. The fraction of sp³-hybridized carbons (Fsp3) is 0.600. The molecule has 14 heavy (non-hydrogen) atoms. The van der Waals surface area contributed by atoms with Gasteiger partial charge in [-0.25, -0.2) is 9.98 Å². The number of nitrogens with zero attached hydrogens (tertiary/aromatic N) is 2. The molecule has 1 rings (SSSR count). The Morgan fingerprint density at radius 3 is 2.64 bits per heavy atom. The zero-order valence-corrected chi connectivity index (χ0v) is 9.22. The van der Waals surface area contributed by atoms with Crippen molar-refractivity contribution in [3.05, 3.63) is 11.2 Å². The Kier molecular flexibility index (Phi) is 4.84. The van der Waals surface area contributed by atoms with Crippen molar-refractivity contribution in [3.63, 3.8) is 0 Å². The Labute approximate surface area is 90.0 Å². The van der Waals surface area contributed by atoms with Gasteiger partial charge in [-0.1, -0.05) is 11.6 Å². The maximum Gasteiger partial charge on any atom is 0.130 e. The van der Waals surface area contributed by atoms with Crippen LogP contribution in [0.4, 0.5) is 0 Å². The molecule has 0 amide bonds. The summed E-state index contributed by atoms with van der Waals surface area (Å²) >= 11 is 5.70. The fourth-order valence-electron chi connectivity index (χ4n) is 1.51. The Hall–Kier alpha value is -0.670. The second-order valence-corrected chi connectivity index (χ2v) is 3.98. The molecule has 0 aliphatic carbocycles. The number of hydrogen-bond acceptors (Lipinski definition) is 2. The number of hydrogen-bond donors (Lipinski definition) is 1. The third-order valence-electron chi connectivity index (χ3n) is 2.24. The Balaban J connectivity index is 2.64. The van der Waals surface area contributed by atoms with Crippen LogP contribution in [0.15, 0.2) is 21.2 Å². The minimum atomic E-state index is 0.431. The van der Waals surface area contributed by atoms with Gasteiger partial charge in [-0.2, -0.15) is 0 Å². The summed E-state index contributed by atoms with van der Waals surface area (Å²) in [5.74, 6) is 1.24. The molecule has 0 bridgehead atoms. The number of amidine groups is 1. The largest absolute Gasteiger partial charge is 0.317 e. The van der Waals surface area contributed by atoms with Crippen LogP contribution in [0, 0.1) is 5.92 Å². The van der Waals surface area contributed by atoms with Crippen LogP contribution in [-0.4, -0.2) is 25.6 Å². The van der Waals surface area contributed by atoms with E-state index in [4.69, 9.17) is 11.6 Å². The highest BCUT2D eigenvalue weighted by molar-refractivity contribution is 6.29. The van der Waals surface area contributed by atoms with Gasteiger partial charge in [-0.15, -0.1) is 0 Å². The molecule has 0 aromatic carbocycles.